The molecule has 2 aliphatic heterocycles. The molecule has 26 heavy (non-hydrogen) atoms. The number of hydrogen-bond donors (Lipinski definition) is 1. The van der Waals surface area contributed by atoms with Crippen LogP contribution in [0.5, 0.6) is 0 Å². The summed E-state index contributed by atoms with van der Waals surface area (Å²) in [7, 11) is -2.27. The molecule has 136 valence electrons. The second-order valence-electron chi connectivity index (χ2n) is 6.77. The molecule has 2 heterocycles. The first-order valence-corrected chi connectivity index (χ1v) is 10.2. The highest BCUT2D eigenvalue weighted by Crippen LogP contribution is 2.52. The maximum Gasteiger partial charge on any atom is 0.323 e. The Hall–Kier alpha value is -1.89. The predicted molar refractivity (Wildman–Crippen MR) is 98.0 cm³/mol. The van der Waals surface area contributed by atoms with Gasteiger partial charge in [0, 0.05) is 10.9 Å². The lowest BCUT2D eigenvalue weighted by atomic mass is 9.88. The Kier molecular flexibility index (Phi) is 4.10. The van der Waals surface area contributed by atoms with Crippen molar-refractivity contribution >= 4 is 27.4 Å². The van der Waals surface area contributed by atoms with Crippen LogP contribution in [0.25, 0.3) is 0 Å². The molecule has 4 rings (SSSR count). The maximum atomic E-state index is 13.3. The van der Waals surface area contributed by atoms with Crippen LogP contribution in [0.3, 0.4) is 0 Å². The van der Waals surface area contributed by atoms with Gasteiger partial charge in [-0.3, -0.25) is 10.1 Å². The van der Waals surface area contributed by atoms with E-state index in [1.165, 1.54) is 7.11 Å². The van der Waals surface area contributed by atoms with Crippen LogP contribution < -0.4 is 5.32 Å². The third kappa shape index (κ3) is 2.47. The molecular weight excluding hydrogens is 374 g/mol. The minimum Gasteiger partial charge on any atom is -0.468 e. The van der Waals surface area contributed by atoms with Crippen LogP contribution in [0.1, 0.15) is 28.7 Å². The number of carbonyl (C=O) groups is 1. The largest absolute Gasteiger partial charge is 0.468 e. The molecule has 5 nitrogen and oxygen atoms in total. The molecule has 7 heteroatoms. The van der Waals surface area contributed by atoms with E-state index < -0.39 is 39.1 Å². The summed E-state index contributed by atoms with van der Waals surface area (Å²) in [6.45, 7) is 1.91. The molecule has 0 unspecified atom stereocenters. The predicted octanol–water partition coefficient (Wildman–Crippen LogP) is 2.77. The lowest BCUT2D eigenvalue weighted by molar-refractivity contribution is -0.143. The van der Waals surface area contributed by atoms with Gasteiger partial charge in [0.25, 0.3) is 0 Å². The fourth-order valence-electron chi connectivity index (χ4n) is 4.15. The Bertz CT molecular complexity index is 987. The van der Waals surface area contributed by atoms with Crippen LogP contribution in [0.2, 0.25) is 5.02 Å². The molecule has 2 aromatic rings. The van der Waals surface area contributed by atoms with Gasteiger partial charge in [0.2, 0.25) is 0 Å². The third-order valence-corrected chi connectivity index (χ3v) is 7.79. The summed E-state index contributed by atoms with van der Waals surface area (Å²) in [6, 6.07) is 11.1. The van der Waals surface area contributed by atoms with Crippen molar-refractivity contribution in [2.45, 2.75) is 35.1 Å². The zero-order chi connectivity index (χ0) is 18.6. The molecule has 1 N–H and O–H groups in total. The summed E-state index contributed by atoms with van der Waals surface area (Å²) in [5.41, 5.74) is 2.43. The average Bonchev–Trinajstić information content (AvgIpc) is 3.11. The Morgan fingerprint density at radius 1 is 1.15 bits per heavy atom. The Balaban J connectivity index is 1.90. The highest BCUT2D eigenvalue weighted by molar-refractivity contribution is 7.92. The van der Waals surface area contributed by atoms with Crippen molar-refractivity contribution in [1.29, 1.82) is 0 Å². The maximum absolute atomic E-state index is 13.3. The second kappa shape index (κ2) is 6.08. The van der Waals surface area contributed by atoms with Crippen molar-refractivity contribution in [2.75, 3.05) is 7.11 Å². The summed E-state index contributed by atoms with van der Waals surface area (Å²) < 4.78 is 31.5. The van der Waals surface area contributed by atoms with Gasteiger partial charge in [0.05, 0.1) is 23.3 Å². The number of sulfone groups is 1. The van der Waals surface area contributed by atoms with Crippen LogP contribution in [0.15, 0.2) is 47.4 Å². The van der Waals surface area contributed by atoms with Gasteiger partial charge in [-0.25, -0.2) is 8.42 Å². The normalized spacial score (nSPS) is 28.4. The van der Waals surface area contributed by atoms with Crippen molar-refractivity contribution in [2.24, 2.45) is 0 Å². The van der Waals surface area contributed by atoms with Crippen molar-refractivity contribution in [3.05, 3.63) is 64.2 Å². The summed E-state index contributed by atoms with van der Waals surface area (Å²) in [6.07, 6.45) is 0. The van der Waals surface area contributed by atoms with Gasteiger partial charge in [0.15, 0.2) is 9.84 Å². The molecule has 0 aromatic heterocycles. The van der Waals surface area contributed by atoms with Gasteiger partial charge in [-0.15, -0.1) is 0 Å². The lowest BCUT2D eigenvalue weighted by Gasteiger charge is -2.18. The highest BCUT2D eigenvalue weighted by Gasteiger charge is 2.59. The number of ether oxygens (including phenoxy) is 1. The number of aryl methyl sites for hydroxylation is 1. The highest BCUT2D eigenvalue weighted by atomic mass is 35.5. The summed E-state index contributed by atoms with van der Waals surface area (Å²) in [4.78, 5) is 12.7. The first kappa shape index (κ1) is 17.5. The molecule has 1 saturated heterocycles. The molecule has 0 bridgehead atoms. The zero-order valence-corrected chi connectivity index (χ0v) is 15.8. The van der Waals surface area contributed by atoms with Crippen LogP contribution >= 0.6 is 11.6 Å². The molecule has 1 fully saturated rings. The zero-order valence-electron chi connectivity index (χ0n) is 14.3. The molecule has 0 radical (unpaired) electrons. The van der Waals surface area contributed by atoms with Crippen LogP contribution in [-0.2, 0) is 19.4 Å². The van der Waals surface area contributed by atoms with Gasteiger partial charge < -0.3 is 4.74 Å². The van der Waals surface area contributed by atoms with Crippen molar-refractivity contribution in [1.82, 2.24) is 5.32 Å². The number of halogens is 1. The number of carbonyl (C=O) groups excluding carboxylic acids is 1. The van der Waals surface area contributed by atoms with Gasteiger partial charge in [-0.1, -0.05) is 41.4 Å². The molecule has 2 aromatic carbocycles. The van der Waals surface area contributed by atoms with Gasteiger partial charge in [-0.2, -0.15) is 0 Å². The van der Waals surface area contributed by atoms with Crippen LogP contribution in [-0.4, -0.2) is 32.8 Å². The Labute approximate surface area is 157 Å². The van der Waals surface area contributed by atoms with Crippen molar-refractivity contribution in [3.8, 4) is 0 Å². The number of nitrogens with one attached hydrogen (secondary N) is 1. The van der Waals surface area contributed by atoms with Gasteiger partial charge in [-0.05, 0) is 36.2 Å². The van der Waals surface area contributed by atoms with Gasteiger partial charge >= 0.3 is 5.97 Å². The van der Waals surface area contributed by atoms with Crippen molar-refractivity contribution < 1.29 is 17.9 Å². The average molecular weight is 392 g/mol. The first-order chi connectivity index (χ1) is 12.3. The van der Waals surface area contributed by atoms with E-state index in [-0.39, 0.29) is 0 Å². The number of fused-ring (bicyclic) bond motifs is 3. The van der Waals surface area contributed by atoms with E-state index in [0.29, 0.717) is 15.5 Å². The number of benzene rings is 2. The fourth-order valence-corrected chi connectivity index (χ4v) is 6.63. The number of methoxy groups -OCH3 is 1. The molecule has 2 aliphatic rings. The molecule has 0 saturated carbocycles. The fraction of sp³-hybridized carbons (Fsp3) is 0.316. The van der Waals surface area contributed by atoms with Crippen LogP contribution in [0, 0.1) is 6.92 Å². The van der Waals surface area contributed by atoms with E-state index >= 15 is 0 Å². The Morgan fingerprint density at radius 2 is 1.85 bits per heavy atom. The number of hydrogen-bond acceptors (Lipinski definition) is 5. The minimum atomic E-state index is -3.59. The smallest absolute Gasteiger partial charge is 0.323 e. The first-order valence-electron chi connectivity index (χ1n) is 8.28. The SMILES string of the molecule is COC(=O)[C@H]1N[C@@H](c2ccc(Cl)cc2)[C@H]2[C@@H]1c1cc(C)ccc1S2(=O)=O. The standard InChI is InChI=1S/C19H18ClNO4S/c1-10-3-8-14-13(9-10)15-17(19(22)25-2)21-16(18(15)26(14,23)24)11-4-6-12(20)7-5-11/h3-9,15-18,21H,1-2H3/t15-,16+,17+,18-/m1/s1. The molecule has 0 spiro atoms. The summed E-state index contributed by atoms with van der Waals surface area (Å²) in [5, 5.41) is 3.01. The molecular formula is C19H18ClNO4S. The van der Waals surface area contributed by atoms with E-state index in [1.54, 1.807) is 36.4 Å². The van der Waals surface area contributed by atoms with Crippen molar-refractivity contribution in [3.63, 3.8) is 0 Å². The summed E-state index contributed by atoms with van der Waals surface area (Å²) in [5.74, 6) is -0.941. The molecule has 0 amide bonds. The van der Waals surface area contributed by atoms with E-state index in [4.69, 9.17) is 16.3 Å². The van der Waals surface area contributed by atoms with E-state index in [9.17, 15) is 13.2 Å². The van der Waals surface area contributed by atoms with Crippen LogP contribution in [0.4, 0.5) is 0 Å². The minimum absolute atomic E-state index is 0.312. The molecule has 4 atom stereocenters. The lowest BCUT2D eigenvalue weighted by Crippen LogP contribution is -2.36. The topological polar surface area (TPSA) is 72.5 Å². The van der Waals surface area contributed by atoms with E-state index in [2.05, 4.69) is 5.32 Å². The summed E-state index contributed by atoms with van der Waals surface area (Å²) >= 11 is 5.96. The van der Waals surface area contributed by atoms with Gasteiger partial charge in [0.1, 0.15) is 6.04 Å². The van der Waals surface area contributed by atoms with E-state index in [1.807, 2.05) is 13.0 Å². The monoisotopic (exact) mass is 391 g/mol. The quantitative estimate of drug-likeness (QED) is 0.797. The number of rotatable bonds is 2. The second-order valence-corrected chi connectivity index (χ2v) is 9.28. The van der Waals surface area contributed by atoms with E-state index in [0.717, 1.165) is 11.1 Å². The molecule has 0 aliphatic carbocycles. The number of esters is 1. The third-order valence-electron chi connectivity index (χ3n) is 5.27. The Morgan fingerprint density at radius 3 is 2.50 bits per heavy atom.